The van der Waals surface area contributed by atoms with Gasteiger partial charge >= 0.3 is 0 Å². The van der Waals surface area contributed by atoms with Crippen LogP contribution in [-0.4, -0.2) is 62.8 Å². The van der Waals surface area contributed by atoms with Crippen LogP contribution < -0.4 is 0 Å². The maximum absolute atomic E-state index is 11.7. The average Bonchev–Trinajstić information content (AvgIpc) is 3.22. The molecule has 4 N–H and O–H groups in total. The Bertz CT molecular complexity index is 795. The number of fused-ring (bicyclic) bond motifs is 7. The maximum atomic E-state index is 11.7. The van der Waals surface area contributed by atoms with Crippen LogP contribution in [0.25, 0.3) is 0 Å². The molecule has 6 fully saturated rings. The first-order chi connectivity index (χ1) is 15.5. The predicted octanol–water partition coefficient (Wildman–Crippen LogP) is 2.85. The Kier molecular flexibility index (Phi) is 5.03. The minimum atomic E-state index is -1.44. The van der Waals surface area contributed by atoms with Gasteiger partial charge in [0.1, 0.15) is 11.7 Å². The number of aliphatic hydroxyl groups is 4. The smallest absolute Gasteiger partial charge is 0.171 e. The summed E-state index contributed by atoms with van der Waals surface area (Å²) in [6, 6.07) is 0. The van der Waals surface area contributed by atoms with E-state index in [9.17, 15) is 20.4 Å². The van der Waals surface area contributed by atoms with Crippen LogP contribution in [0.3, 0.4) is 0 Å². The van der Waals surface area contributed by atoms with Gasteiger partial charge in [-0.15, -0.1) is 0 Å². The van der Waals surface area contributed by atoms with E-state index in [1.807, 2.05) is 6.92 Å². The Morgan fingerprint density at radius 3 is 2.33 bits per heavy atom. The van der Waals surface area contributed by atoms with Crippen molar-refractivity contribution >= 4 is 0 Å². The highest BCUT2D eigenvalue weighted by molar-refractivity contribution is 5.21. The summed E-state index contributed by atoms with van der Waals surface area (Å²) in [5.74, 6) is 2.07. The van der Waals surface area contributed by atoms with E-state index >= 15 is 0 Å². The van der Waals surface area contributed by atoms with Gasteiger partial charge in [0.2, 0.25) is 0 Å². The van der Waals surface area contributed by atoms with Crippen LogP contribution in [0.5, 0.6) is 0 Å². The van der Waals surface area contributed by atoms with Crippen molar-refractivity contribution < 1.29 is 29.9 Å². The molecule has 0 radical (unpaired) electrons. The van der Waals surface area contributed by atoms with Crippen LogP contribution in [0.4, 0.5) is 0 Å². The van der Waals surface area contributed by atoms with E-state index in [4.69, 9.17) is 9.47 Å². The van der Waals surface area contributed by atoms with Crippen molar-refractivity contribution in [3.05, 3.63) is 0 Å². The van der Waals surface area contributed by atoms with Gasteiger partial charge in [0.25, 0.3) is 0 Å². The minimum Gasteiger partial charge on any atom is -0.392 e. The van der Waals surface area contributed by atoms with Crippen molar-refractivity contribution in [2.24, 2.45) is 46.3 Å². The molecule has 6 heteroatoms. The molecule has 0 amide bonds. The lowest BCUT2D eigenvalue weighted by atomic mass is 9.41. The summed E-state index contributed by atoms with van der Waals surface area (Å²) in [5.41, 5.74) is -2.07. The van der Waals surface area contributed by atoms with Crippen LogP contribution in [-0.2, 0) is 9.47 Å². The van der Waals surface area contributed by atoms with E-state index in [-0.39, 0.29) is 23.9 Å². The standard InChI is InChI=1S/C27H44O6/c1-14-5-10-27(32-13-14)15(2)22-20(33-27)11-18-16-6-9-26(31)23(30)19(28)12-21(29)25(26,4)17(16)7-8-24(18,22)3/h14-23,28-31H,5-13H2,1-4H3/t14-,15+,16+,17-,18-,19+,20+,21-,22+,23+,24+,25+,26+,27-/m1/s1. The highest BCUT2D eigenvalue weighted by Crippen LogP contribution is 2.71. The monoisotopic (exact) mass is 464 g/mol. The normalized spacial score (nSPS) is 64.7. The molecule has 0 aromatic carbocycles. The van der Waals surface area contributed by atoms with E-state index in [1.165, 1.54) is 0 Å². The summed E-state index contributed by atoms with van der Waals surface area (Å²) in [7, 11) is 0. The molecule has 4 aliphatic carbocycles. The van der Waals surface area contributed by atoms with Gasteiger partial charge in [-0.25, -0.2) is 0 Å². The summed E-state index contributed by atoms with van der Waals surface area (Å²) >= 11 is 0. The fraction of sp³-hybridized carbons (Fsp3) is 1.00. The quantitative estimate of drug-likeness (QED) is 0.440. The van der Waals surface area contributed by atoms with Crippen LogP contribution in [0, 0.1) is 46.3 Å². The second-order valence-corrected chi connectivity index (χ2v) is 13.4. The third-order valence-electron chi connectivity index (χ3n) is 12.3. The van der Waals surface area contributed by atoms with E-state index in [1.54, 1.807) is 0 Å². The molecule has 0 aromatic rings. The lowest BCUT2D eigenvalue weighted by molar-refractivity contribution is -0.301. The van der Waals surface area contributed by atoms with Crippen molar-refractivity contribution in [3.63, 3.8) is 0 Å². The largest absolute Gasteiger partial charge is 0.392 e. The second kappa shape index (κ2) is 7.17. The fourth-order valence-corrected chi connectivity index (χ4v) is 10.4. The Hall–Kier alpha value is -0.240. The first-order valence-electron chi connectivity index (χ1n) is 13.6. The van der Waals surface area contributed by atoms with Gasteiger partial charge < -0.3 is 29.9 Å². The molecule has 0 unspecified atom stereocenters. The lowest BCUT2D eigenvalue weighted by Gasteiger charge is -2.66. The van der Waals surface area contributed by atoms with Gasteiger partial charge in [-0.1, -0.05) is 27.7 Å². The van der Waals surface area contributed by atoms with Gasteiger partial charge in [0.15, 0.2) is 5.79 Å². The zero-order valence-electron chi connectivity index (χ0n) is 20.7. The highest BCUT2D eigenvalue weighted by atomic mass is 16.7. The molecule has 14 atom stereocenters. The molecular weight excluding hydrogens is 420 g/mol. The summed E-state index contributed by atoms with van der Waals surface area (Å²) in [6.45, 7) is 9.85. The number of rotatable bonds is 0. The predicted molar refractivity (Wildman–Crippen MR) is 122 cm³/mol. The third kappa shape index (κ3) is 2.72. The first kappa shape index (κ1) is 23.2. The molecular formula is C27H44O6. The van der Waals surface area contributed by atoms with E-state index in [2.05, 4.69) is 20.8 Å². The third-order valence-corrected chi connectivity index (χ3v) is 12.3. The van der Waals surface area contributed by atoms with Crippen LogP contribution in [0.1, 0.15) is 79.1 Å². The zero-order chi connectivity index (χ0) is 23.6. The van der Waals surface area contributed by atoms with E-state index in [0.29, 0.717) is 36.0 Å². The van der Waals surface area contributed by atoms with E-state index < -0.39 is 35.1 Å². The highest BCUT2D eigenvalue weighted by Gasteiger charge is 2.73. The topological polar surface area (TPSA) is 99.4 Å². The minimum absolute atomic E-state index is 0.134. The van der Waals surface area contributed by atoms with Crippen LogP contribution in [0.15, 0.2) is 0 Å². The SMILES string of the molecule is C[C@@H]1CC[C@@]2(OC1)O[C@H]1C[C@@H]3[C@H]4CC[C@]5(O)[C@@H](O)[C@@H](O)C[C@@H](O)[C@]5(C)[C@@H]4CC[C@]3(C)[C@H]1[C@@H]2C. The molecule has 6 nitrogen and oxygen atoms in total. The van der Waals surface area contributed by atoms with Gasteiger partial charge in [0, 0.05) is 24.2 Å². The molecule has 2 saturated heterocycles. The van der Waals surface area contributed by atoms with Crippen molar-refractivity contribution in [3.8, 4) is 0 Å². The van der Waals surface area contributed by atoms with Crippen molar-refractivity contribution in [2.45, 2.75) is 115 Å². The van der Waals surface area contributed by atoms with Crippen LogP contribution in [0.2, 0.25) is 0 Å². The molecule has 188 valence electrons. The second-order valence-electron chi connectivity index (χ2n) is 13.4. The number of hydrogen-bond acceptors (Lipinski definition) is 6. The summed E-state index contributed by atoms with van der Waals surface area (Å²) < 4.78 is 13.2. The molecule has 1 spiro atoms. The lowest BCUT2D eigenvalue weighted by Crippen LogP contribution is -2.73. The molecule has 0 bridgehead atoms. The molecule has 4 saturated carbocycles. The number of ether oxygens (including phenoxy) is 2. The molecule has 6 aliphatic rings. The van der Waals surface area contributed by atoms with E-state index in [0.717, 1.165) is 45.1 Å². The Morgan fingerprint density at radius 2 is 1.64 bits per heavy atom. The molecule has 0 aromatic heterocycles. The molecule has 33 heavy (non-hydrogen) atoms. The Labute approximate surface area is 198 Å². The number of aliphatic hydroxyl groups excluding tert-OH is 3. The van der Waals surface area contributed by atoms with Crippen molar-refractivity contribution in [1.29, 1.82) is 0 Å². The Balaban J connectivity index is 1.30. The maximum Gasteiger partial charge on any atom is 0.171 e. The summed E-state index contributed by atoms with van der Waals surface area (Å²) in [6.07, 6.45) is 3.73. The molecule has 6 rings (SSSR count). The van der Waals surface area contributed by atoms with Gasteiger partial charge in [-0.3, -0.25) is 0 Å². The first-order valence-corrected chi connectivity index (χ1v) is 13.6. The van der Waals surface area contributed by atoms with Crippen LogP contribution >= 0.6 is 0 Å². The zero-order valence-corrected chi connectivity index (χ0v) is 20.7. The Morgan fingerprint density at radius 1 is 0.879 bits per heavy atom. The van der Waals surface area contributed by atoms with Gasteiger partial charge in [-0.2, -0.15) is 0 Å². The van der Waals surface area contributed by atoms with Crippen molar-refractivity contribution in [1.82, 2.24) is 0 Å². The fourth-order valence-electron chi connectivity index (χ4n) is 10.4. The van der Waals surface area contributed by atoms with Crippen molar-refractivity contribution in [2.75, 3.05) is 6.61 Å². The molecule has 2 heterocycles. The number of hydrogen-bond donors (Lipinski definition) is 4. The average molecular weight is 465 g/mol. The van der Waals surface area contributed by atoms with Gasteiger partial charge in [0.05, 0.1) is 24.9 Å². The summed E-state index contributed by atoms with van der Waals surface area (Å²) in [4.78, 5) is 0. The summed E-state index contributed by atoms with van der Waals surface area (Å²) in [5, 5.41) is 44.0. The molecule has 2 aliphatic heterocycles. The van der Waals surface area contributed by atoms with Gasteiger partial charge in [-0.05, 0) is 73.5 Å².